The summed E-state index contributed by atoms with van der Waals surface area (Å²) < 4.78 is 0. The van der Waals surface area contributed by atoms with Crippen LogP contribution < -0.4 is 5.32 Å². The summed E-state index contributed by atoms with van der Waals surface area (Å²) in [6, 6.07) is 0. The van der Waals surface area contributed by atoms with Crippen LogP contribution in [0.25, 0.3) is 0 Å². The first-order valence-corrected chi connectivity index (χ1v) is 5.64. The molecule has 17 heavy (non-hydrogen) atoms. The lowest BCUT2D eigenvalue weighted by atomic mass is 10.2. The van der Waals surface area contributed by atoms with Gasteiger partial charge in [0.15, 0.2) is 0 Å². The highest BCUT2D eigenvalue weighted by atomic mass is 16.4. The maximum Gasteiger partial charge on any atom is 0.303 e. The van der Waals surface area contributed by atoms with E-state index >= 15 is 0 Å². The number of aliphatic carboxylic acids is 1. The first-order chi connectivity index (χ1) is 8.18. The van der Waals surface area contributed by atoms with Crippen molar-refractivity contribution in [1.82, 2.24) is 15.3 Å². The van der Waals surface area contributed by atoms with E-state index in [0.717, 1.165) is 5.69 Å². The third kappa shape index (κ3) is 6.34. The topological polar surface area (TPSA) is 95.1 Å². The van der Waals surface area contributed by atoms with Gasteiger partial charge in [0, 0.05) is 31.3 Å². The molecular formula is C11H17N3O3. The third-order valence-corrected chi connectivity index (χ3v) is 2.32. The molecular weight excluding hydrogens is 222 g/mol. The van der Waals surface area contributed by atoms with Gasteiger partial charge in [0.25, 0.3) is 0 Å². The van der Waals surface area contributed by atoms with Gasteiger partial charge in [-0.15, -0.1) is 0 Å². The van der Waals surface area contributed by atoms with Crippen LogP contribution in [0, 0.1) is 0 Å². The van der Waals surface area contributed by atoms with E-state index in [1.54, 1.807) is 12.5 Å². The van der Waals surface area contributed by atoms with Gasteiger partial charge in [-0.3, -0.25) is 9.59 Å². The highest BCUT2D eigenvalue weighted by Gasteiger charge is 2.02. The molecule has 1 rings (SSSR count). The molecule has 1 aromatic heterocycles. The zero-order chi connectivity index (χ0) is 12.5. The molecule has 0 aliphatic rings. The average Bonchev–Trinajstić information content (AvgIpc) is 2.78. The number of H-pyrrole nitrogens is 1. The fraction of sp³-hybridized carbons (Fsp3) is 0.545. The van der Waals surface area contributed by atoms with E-state index < -0.39 is 5.97 Å². The molecule has 0 bridgehead atoms. The van der Waals surface area contributed by atoms with E-state index in [1.165, 1.54) is 0 Å². The van der Waals surface area contributed by atoms with E-state index in [1.807, 2.05) is 0 Å². The number of aryl methyl sites for hydroxylation is 1. The number of unbranched alkanes of at least 4 members (excludes halogenated alkanes) is 1. The molecule has 6 heteroatoms. The van der Waals surface area contributed by atoms with Gasteiger partial charge in [0.2, 0.25) is 5.91 Å². The summed E-state index contributed by atoms with van der Waals surface area (Å²) >= 11 is 0. The summed E-state index contributed by atoms with van der Waals surface area (Å²) in [7, 11) is 0. The largest absolute Gasteiger partial charge is 0.481 e. The molecule has 6 nitrogen and oxygen atoms in total. The number of nitrogens with one attached hydrogen (secondary N) is 2. The Hall–Kier alpha value is -1.85. The molecule has 0 aliphatic carbocycles. The van der Waals surface area contributed by atoms with Crippen molar-refractivity contribution >= 4 is 11.9 Å². The maximum atomic E-state index is 11.4. The van der Waals surface area contributed by atoms with Crippen LogP contribution >= 0.6 is 0 Å². The molecule has 0 spiro atoms. The van der Waals surface area contributed by atoms with Crippen molar-refractivity contribution in [2.45, 2.75) is 32.1 Å². The highest BCUT2D eigenvalue weighted by molar-refractivity contribution is 5.76. The summed E-state index contributed by atoms with van der Waals surface area (Å²) in [5, 5.41) is 11.2. The third-order valence-electron chi connectivity index (χ3n) is 2.32. The minimum atomic E-state index is -0.796. The van der Waals surface area contributed by atoms with E-state index in [9.17, 15) is 9.59 Å². The van der Waals surface area contributed by atoms with Crippen molar-refractivity contribution in [1.29, 1.82) is 0 Å². The number of imidazole rings is 1. The normalized spacial score (nSPS) is 10.1. The second-order valence-corrected chi connectivity index (χ2v) is 3.78. The van der Waals surface area contributed by atoms with Crippen LogP contribution in [0.1, 0.15) is 31.4 Å². The average molecular weight is 239 g/mol. The fourth-order valence-corrected chi connectivity index (χ4v) is 1.39. The number of carbonyl (C=O) groups is 2. The number of amides is 1. The summed E-state index contributed by atoms with van der Waals surface area (Å²) in [5.41, 5.74) is 0.936. The Morgan fingerprint density at radius 1 is 1.35 bits per heavy atom. The molecule has 0 saturated carbocycles. The Kier molecular flexibility index (Phi) is 5.77. The van der Waals surface area contributed by atoms with Crippen LogP contribution in [0.5, 0.6) is 0 Å². The summed E-state index contributed by atoms with van der Waals surface area (Å²) in [4.78, 5) is 28.4. The number of hydrogen-bond donors (Lipinski definition) is 3. The molecule has 3 N–H and O–H groups in total. The first-order valence-electron chi connectivity index (χ1n) is 5.64. The molecule has 0 unspecified atom stereocenters. The molecule has 1 heterocycles. The van der Waals surface area contributed by atoms with Crippen molar-refractivity contribution in [3.05, 3.63) is 18.2 Å². The number of carboxylic acid groups (broad SMARTS) is 1. The highest BCUT2D eigenvalue weighted by Crippen LogP contribution is 1.97. The lowest BCUT2D eigenvalue weighted by molar-refractivity contribution is -0.137. The fourth-order valence-electron chi connectivity index (χ4n) is 1.39. The van der Waals surface area contributed by atoms with Crippen LogP contribution in [0.3, 0.4) is 0 Å². The van der Waals surface area contributed by atoms with Crippen LogP contribution in [-0.4, -0.2) is 33.5 Å². The minimum Gasteiger partial charge on any atom is -0.481 e. The molecule has 0 fully saturated rings. The number of aromatic nitrogens is 2. The van der Waals surface area contributed by atoms with Crippen LogP contribution in [0.4, 0.5) is 0 Å². The Morgan fingerprint density at radius 3 is 2.82 bits per heavy atom. The number of nitrogens with zero attached hydrogens (tertiary/aromatic N) is 1. The SMILES string of the molecule is O=C(O)CCCCNC(=O)CCc1cnc[nH]1. The lowest BCUT2D eigenvalue weighted by Gasteiger charge is -2.03. The molecule has 94 valence electrons. The van der Waals surface area contributed by atoms with Crippen LogP contribution in [0.2, 0.25) is 0 Å². The van der Waals surface area contributed by atoms with Crippen LogP contribution in [0.15, 0.2) is 12.5 Å². The molecule has 1 aromatic rings. The summed E-state index contributed by atoms with van der Waals surface area (Å²) in [6.07, 6.45) is 5.78. The number of hydrogen-bond acceptors (Lipinski definition) is 3. The molecule has 1 amide bonds. The molecule has 0 aliphatic heterocycles. The Morgan fingerprint density at radius 2 is 2.18 bits per heavy atom. The minimum absolute atomic E-state index is 0.0186. The molecule has 0 radical (unpaired) electrons. The monoisotopic (exact) mass is 239 g/mol. The molecule has 0 atom stereocenters. The van der Waals surface area contributed by atoms with Gasteiger partial charge in [0.05, 0.1) is 6.33 Å². The molecule has 0 saturated heterocycles. The van der Waals surface area contributed by atoms with Gasteiger partial charge < -0.3 is 15.4 Å². The van der Waals surface area contributed by atoms with E-state index in [4.69, 9.17) is 5.11 Å². The van der Waals surface area contributed by atoms with Crippen molar-refractivity contribution in [3.8, 4) is 0 Å². The van der Waals surface area contributed by atoms with Gasteiger partial charge in [-0.1, -0.05) is 0 Å². The maximum absolute atomic E-state index is 11.4. The molecule has 0 aromatic carbocycles. The van der Waals surface area contributed by atoms with Gasteiger partial charge in [-0.25, -0.2) is 4.98 Å². The standard InChI is InChI=1S/C11H17N3O3/c15-10(5-4-9-7-12-8-14-9)13-6-2-1-3-11(16)17/h7-8H,1-6H2,(H,12,14)(H,13,15)(H,16,17). The second kappa shape index (κ2) is 7.43. The quantitative estimate of drug-likeness (QED) is 0.582. The van der Waals surface area contributed by atoms with Gasteiger partial charge in [-0.2, -0.15) is 0 Å². The van der Waals surface area contributed by atoms with Gasteiger partial charge >= 0.3 is 5.97 Å². The summed E-state index contributed by atoms with van der Waals surface area (Å²) in [6.45, 7) is 0.537. The second-order valence-electron chi connectivity index (χ2n) is 3.78. The summed E-state index contributed by atoms with van der Waals surface area (Å²) in [5.74, 6) is -0.814. The number of aromatic amines is 1. The smallest absolute Gasteiger partial charge is 0.303 e. The lowest BCUT2D eigenvalue weighted by Crippen LogP contribution is -2.24. The Balaban J connectivity index is 2.00. The zero-order valence-electron chi connectivity index (χ0n) is 9.61. The number of carboxylic acids is 1. The van der Waals surface area contributed by atoms with Crippen molar-refractivity contribution in [2.75, 3.05) is 6.54 Å². The number of carbonyl (C=O) groups excluding carboxylic acids is 1. The van der Waals surface area contributed by atoms with E-state index in [0.29, 0.717) is 32.2 Å². The van der Waals surface area contributed by atoms with Crippen LogP contribution in [-0.2, 0) is 16.0 Å². The van der Waals surface area contributed by atoms with Crippen molar-refractivity contribution in [3.63, 3.8) is 0 Å². The number of rotatable bonds is 8. The Labute approximate surface area is 99.4 Å². The first kappa shape index (κ1) is 13.2. The zero-order valence-corrected chi connectivity index (χ0v) is 9.61. The van der Waals surface area contributed by atoms with E-state index in [2.05, 4.69) is 15.3 Å². The Bertz CT molecular complexity index is 349. The predicted octanol–water partition coefficient (Wildman–Crippen LogP) is 0.713. The van der Waals surface area contributed by atoms with E-state index in [-0.39, 0.29) is 12.3 Å². The van der Waals surface area contributed by atoms with Gasteiger partial charge in [-0.05, 0) is 19.3 Å². The predicted molar refractivity (Wildman–Crippen MR) is 61.4 cm³/mol. The van der Waals surface area contributed by atoms with Crippen molar-refractivity contribution in [2.24, 2.45) is 0 Å². The van der Waals surface area contributed by atoms with Crippen molar-refractivity contribution < 1.29 is 14.7 Å². The van der Waals surface area contributed by atoms with Gasteiger partial charge in [0.1, 0.15) is 0 Å².